The maximum absolute atomic E-state index is 4.55. The molecule has 118 valence electrons. The number of rotatable bonds is 4. The van der Waals surface area contributed by atoms with Gasteiger partial charge in [0.2, 0.25) is 5.95 Å². The Balaban J connectivity index is 1.61. The van der Waals surface area contributed by atoms with Gasteiger partial charge in [0.05, 0.1) is 5.52 Å². The lowest BCUT2D eigenvalue weighted by Gasteiger charge is -2.38. The molecule has 0 bridgehead atoms. The van der Waals surface area contributed by atoms with Crippen LogP contribution in [0.5, 0.6) is 0 Å². The minimum atomic E-state index is 0.621. The van der Waals surface area contributed by atoms with E-state index in [9.17, 15) is 0 Å². The van der Waals surface area contributed by atoms with Gasteiger partial charge < -0.3 is 5.32 Å². The largest absolute Gasteiger partial charge is 0.352 e. The van der Waals surface area contributed by atoms with Crippen LogP contribution in [0.25, 0.3) is 11.0 Å². The molecule has 5 heteroatoms. The van der Waals surface area contributed by atoms with E-state index in [4.69, 9.17) is 0 Å². The van der Waals surface area contributed by atoms with Gasteiger partial charge in [-0.25, -0.2) is 4.98 Å². The van der Waals surface area contributed by atoms with Crippen molar-refractivity contribution in [2.75, 3.05) is 18.4 Å². The Bertz CT molecular complexity index is 632. The van der Waals surface area contributed by atoms with E-state index in [1.165, 1.54) is 24.8 Å². The molecule has 3 rings (SSSR count). The number of hydrogen-bond acceptors (Lipinski definition) is 5. The van der Waals surface area contributed by atoms with E-state index >= 15 is 0 Å². The van der Waals surface area contributed by atoms with Gasteiger partial charge in [0, 0.05) is 25.2 Å². The summed E-state index contributed by atoms with van der Waals surface area (Å²) in [5, 5.41) is 11.7. The summed E-state index contributed by atoms with van der Waals surface area (Å²) in [5.74, 6) is 0.621. The molecular formula is C17H25N5. The van der Waals surface area contributed by atoms with Crippen molar-refractivity contribution in [2.24, 2.45) is 0 Å². The van der Waals surface area contributed by atoms with Crippen molar-refractivity contribution in [3.8, 4) is 0 Å². The Kier molecular flexibility index (Phi) is 4.52. The Labute approximate surface area is 132 Å². The van der Waals surface area contributed by atoms with Crippen molar-refractivity contribution in [1.29, 1.82) is 0 Å². The summed E-state index contributed by atoms with van der Waals surface area (Å²) >= 11 is 0. The minimum Gasteiger partial charge on any atom is -0.352 e. The molecule has 2 heterocycles. The molecule has 1 aliphatic rings. The molecular weight excluding hydrogens is 274 g/mol. The zero-order chi connectivity index (χ0) is 15.5. The van der Waals surface area contributed by atoms with Crippen LogP contribution in [0.3, 0.4) is 0 Å². The minimum absolute atomic E-state index is 0.621. The molecule has 2 aromatic rings. The maximum Gasteiger partial charge on any atom is 0.243 e. The van der Waals surface area contributed by atoms with Crippen molar-refractivity contribution in [1.82, 2.24) is 20.1 Å². The highest BCUT2D eigenvalue weighted by molar-refractivity contribution is 5.75. The van der Waals surface area contributed by atoms with Crippen LogP contribution >= 0.6 is 0 Å². The molecule has 0 radical (unpaired) electrons. The summed E-state index contributed by atoms with van der Waals surface area (Å²) in [7, 11) is 0. The van der Waals surface area contributed by atoms with E-state index in [0.717, 1.165) is 24.1 Å². The van der Waals surface area contributed by atoms with Gasteiger partial charge in [-0.05, 0) is 51.3 Å². The fraction of sp³-hybridized carbons (Fsp3) is 0.588. The van der Waals surface area contributed by atoms with Crippen molar-refractivity contribution in [3.05, 3.63) is 23.8 Å². The molecule has 2 unspecified atom stereocenters. The number of aryl methyl sites for hydroxylation is 1. The molecule has 1 aliphatic heterocycles. The van der Waals surface area contributed by atoms with E-state index in [-0.39, 0.29) is 0 Å². The summed E-state index contributed by atoms with van der Waals surface area (Å²) in [6.07, 6.45) is 3.96. The molecule has 0 saturated carbocycles. The fourth-order valence-corrected chi connectivity index (χ4v) is 3.33. The second-order valence-electron chi connectivity index (χ2n) is 6.42. The molecule has 5 nitrogen and oxygen atoms in total. The van der Waals surface area contributed by atoms with Crippen molar-refractivity contribution >= 4 is 17.0 Å². The smallest absolute Gasteiger partial charge is 0.243 e. The molecule has 1 aromatic heterocycles. The van der Waals surface area contributed by atoms with Crippen LogP contribution in [0.1, 0.15) is 38.7 Å². The monoisotopic (exact) mass is 299 g/mol. The molecule has 0 aliphatic carbocycles. The Hall–Kier alpha value is -1.75. The van der Waals surface area contributed by atoms with Gasteiger partial charge in [-0.3, -0.25) is 4.90 Å². The van der Waals surface area contributed by atoms with E-state index in [1.54, 1.807) is 0 Å². The van der Waals surface area contributed by atoms with Gasteiger partial charge in [0.25, 0.3) is 0 Å². The first-order chi connectivity index (χ1) is 10.6. The van der Waals surface area contributed by atoms with Crippen LogP contribution < -0.4 is 5.32 Å². The Morgan fingerprint density at radius 1 is 1.14 bits per heavy atom. The van der Waals surface area contributed by atoms with Gasteiger partial charge in [0.1, 0.15) is 5.52 Å². The number of benzene rings is 1. The quantitative estimate of drug-likeness (QED) is 0.940. The SMILES string of the molecule is Cc1ccc2nnc(NCCN3C(C)CCCC3C)nc2c1. The first-order valence-corrected chi connectivity index (χ1v) is 8.24. The zero-order valence-corrected chi connectivity index (χ0v) is 13.7. The number of fused-ring (bicyclic) bond motifs is 1. The first kappa shape index (κ1) is 15.2. The molecule has 1 fully saturated rings. The molecule has 0 amide bonds. The zero-order valence-electron chi connectivity index (χ0n) is 13.7. The molecule has 2 atom stereocenters. The number of nitrogens with one attached hydrogen (secondary N) is 1. The molecule has 1 saturated heterocycles. The fourth-order valence-electron chi connectivity index (χ4n) is 3.33. The van der Waals surface area contributed by atoms with Gasteiger partial charge in [0.15, 0.2) is 0 Å². The number of anilines is 1. The van der Waals surface area contributed by atoms with Crippen LogP contribution in [-0.4, -0.2) is 45.3 Å². The van der Waals surface area contributed by atoms with E-state index in [1.807, 2.05) is 18.2 Å². The number of piperidine rings is 1. The Morgan fingerprint density at radius 3 is 2.68 bits per heavy atom. The average Bonchev–Trinajstić information content (AvgIpc) is 2.50. The lowest BCUT2D eigenvalue weighted by atomic mass is 9.98. The van der Waals surface area contributed by atoms with Gasteiger partial charge in [-0.1, -0.05) is 12.5 Å². The van der Waals surface area contributed by atoms with Gasteiger partial charge in [-0.2, -0.15) is 0 Å². The predicted molar refractivity (Wildman–Crippen MR) is 90.0 cm³/mol. The summed E-state index contributed by atoms with van der Waals surface area (Å²) in [4.78, 5) is 7.13. The molecule has 0 spiro atoms. The summed E-state index contributed by atoms with van der Waals surface area (Å²) in [6.45, 7) is 8.60. The van der Waals surface area contributed by atoms with Crippen LogP contribution in [-0.2, 0) is 0 Å². The first-order valence-electron chi connectivity index (χ1n) is 8.24. The maximum atomic E-state index is 4.55. The third-order valence-electron chi connectivity index (χ3n) is 4.64. The van der Waals surface area contributed by atoms with Crippen LogP contribution in [0.2, 0.25) is 0 Å². The number of likely N-dealkylation sites (tertiary alicyclic amines) is 1. The Morgan fingerprint density at radius 2 is 1.91 bits per heavy atom. The van der Waals surface area contributed by atoms with E-state index < -0.39 is 0 Å². The van der Waals surface area contributed by atoms with Gasteiger partial charge >= 0.3 is 0 Å². The van der Waals surface area contributed by atoms with Crippen molar-refractivity contribution in [3.63, 3.8) is 0 Å². The highest BCUT2D eigenvalue weighted by Gasteiger charge is 2.23. The highest BCUT2D eigenvalue weighted by atomic mass is 15.3. The van der Waals surface area contributed by atoms with Crippen LogP contribution in [0, 0.1) is 6.92 Å². The summed E-state index contributed by atoms with van der Waals surface area (Å²) < 4.78 is 0. The van der Waals surface area contributed by atoms with Crippen LogP contribution in [0.4, 0.5) is 5.95 Å². The third-order valence-corrected chi connectivity index (χ3v) is 4.64. The summed E-state index contributed by atoms with van der Waals surface area (Å²) in [6, 6.07) is 7.38. The van der Waals surface area contributed by atoms with Crippen molar-refractivity contribution < 1.29 is 0 Å². The van der Waals surface area contributed by atoms with Crippen molar-refractivity contribution in [2.45, 2.75) is 52.1 Å². The van der Waals surface area contributed by atoms with E-state index in [0.29, 0.717) is 18.0 Å². The standard InChI is InChI=1S/C17H25N5/c1-12-7-8-15-16(11-12)19-17(21-20-15)18-9-10-22-13(2)5-4-6-14(22)3/h7-8,11,13-14H,4-6,9-10H2,1-3H3,(H,18,19,21). The second-order valence-corrected chi connectivity index (χ2v) is 6.42. The van der Waals surface area contributed by atoms with E-state index in [2.05, 4.69) is 46.2 Å². The van der Waals surface area contributed by atoms with Crippen LogP contribution in [0.15, 0.2) is 18.2 Å². The molecule has 1 aromatic carbocycles. The molecule has 1 N–H and O–H groups in total. The second kappa shape index (κ2) is 6.57. The lowest BCUT2D eigenvalue weighted by Crippen LogP contribution is -2.45. The third kappa shape index (κ3) is 3.35. The number of aromatic nitrogens is 3. The predicted octanol–water partition coefficient (Wildman–Crippen LogP) is 3.01. The lowest BCUT2D eigenvalue weighted by molar-refractivity contribution is 0.109. The molecule has 22 heavy (non-hydrogen) atoms. The average molecular weight is 299 g/mol. The number of hydrogen-bond donors (Lipinski definition) is 1. The normalized spacial score (nSPS) is 22.9. The summed E-state index contributed by atoms with van der Waals surface area (Å²) in [5.41, 5.74) is 2.93. The topological polar surface area (TPSA) is 53.9 Å². The number of nitrogens with zero attached hydrogens (tertiary/aromatic N) is 4. The highest BCUT2D eigenvalue weighted by Crippen LogP contribution is 2.21. The van der Waals surface area contributed by atoms with Gasteiger partial charge in [-0.15, -0.1) is 10.2 Å².